The number of pyridine rings is 2. The fourth-order valence-electron chi connectivity index (χ4n) is 2.22. The van der Waals surface area contributed by atoms with Crippen LogP contribution in [-0.4, -0.2) is 20.1 Å². The molecule has 3 aromatic heterocycles. The summed E-state index contributed by atoms with van der Waals surface area (Å²) in [5.74, 6) is -0.448. The minimum absolute atomic E-state index is 0.366. The van der Waals surface area contributed by atoms with Gasteiger partial charge in [-0.3, -0.25) is 0 Å². The van der Waals surface area contributed by atoms with Gasteiger partial charge in [0.15, 0.2) is 0 Å². The Balaban J connectivity index is 2.12. The number of halogens is 2. The van der Waals surface area contributed by atoms with Crippen LogP contribution in [0.1, 0.15) is 22.9 Å². The highest BCUT2D eigenvalue weighted by molar-refractivity contribution is 6.29. The number of rotatable bonds is 2. The maximum atomic E-state index is 13.3. The molecule has 3 heterocycles. The van der Waals surface area contributed by atoms with E-state index in [1.807, 2.05) is 0 Å². The van der Waals surface area contributed by atoms with Crippen molar-refractivity contribution in [1.82, 2.24) is 15.0 Å². The molecule has 4 nitrogen and oxygen atoms in total. The molecule has 0 radical (unpaired) electrons. The van der Waals surface area contributed by atoms with Gasteiger partial charge in [0.1, 0.15) is 22.7 Å². The Morgan fingerprint density at radius 3 is 2.90 bits per heavy atom. The lowest BCUT2D eigenvalue weighted by Gasteiger charge is -2.12. The molecule has 0 aromatic carbocycles. The van der Waals surface area contributed by atoms with Gasteiger partial charge in [0.05, 0.1) is 6.20 Å². The molecule has 0 aliphatic rings. The molecule has 0 saturated carbocycles. The second kappa shape index (κ2) is 4.85. The standard InChI is InChI=1S/C14H11ClFN3O/c1-7-9(2-3-12(15)19-7)13(20)11-6-18-14-10(11)4-8(16)5-17-14/h2-6,13,20H,1H3,(H,17,18). The van der Waals surface area contributed by atoms with Crippen LogP contribution in [-0.2, 0) is 0 Å². The molecular formula is C14H11ClFN3O. The third-order valence-corrected chi connectivity index (χ3v) is 3.42. The van der Waals surface area contributed by atoms with E-state index >= 15 is 0 Å². The zero-order valence-electron chi connectivity index (χ0n) is 10.6. The molecule has 0 aliphatic heterocycles. The number of aliphatic hydroxyl groups excluding tert-OH is 1. The SMILES string of the molecule is Cc1nc(Cl)ccc1C(O)c1c[nH]c2ncc(F)cc12. The summed E-state index contributed by atoms with van der Waals surface area (Å²) in [4.78, 5) is 11.0. The molecule has 0 fully saturated rings. The molecule has 1 atom stereocenters. The van der Waals surface area contributed by atoms with Crippen LogP contribution in [0.5, 0.6) is 0 Å². The van der Waals surface area contributed by atoms with Gasteiger partial charge in [-0.15, -0.1) is 0 Å². The van der Waals surface area contributed by atoms with Crippen molar-refractivity contribution in [3.8, 4) is 0 Å². The molecular weight excluding hydrogens is 281 g/mol. The monoisotopic (exact) mass is 291 g/mol. The Labute approximate surface area is 119 Å². The van der Waals surface area contributed by atoms with E-state index in [2.05, 4.69) is 15.0 Å². The van der Waals surface area contributed by atoms with Crippen LogP contribution in [0.2, 0.25) is 5.15 Å². The summed E-state index contributed by atoms with van der Waals surface area (Å²) in [6.45, 7) is 1.76. The highest BCUT2D eigenvalue weighted by atomic mass is 35.5. The number of aliphatic hydroxyl groups is 1. The number of nitrogens with one attached hydrogen (secondary N) is 1. The van der Waals surface area contributed by atoms with Crippen molar-refractivity contribution in [1.29, 1.82) is 0 Å². The second-order valence-corrected chi connectivity index (χ2v) is 4.89. The second-order valence-electron chi connectivity index (χ2n) is 4.50. The summed E-state index contributed by atoms with van der Waals surface area (Å²) in [6, 6.07) is 4.66. The predicted octanol–water partition coefficient (Wildman–Crippen LogP) is 3.14. The van der Waals surface area contributed by atoms with Gasteiger partial charge in [-0.1, -0.05) is 17.7 Å². The molecule has 1 unspecified atom stereocenters. The van der Waals surface area contributed by atoms with E-state index in [0.29, 0.717) is 33.0 Å². The molecule has 20 heavy (non-hydrogen) atoms. The summed E-state index contributed by atoms with van der Waals surface area (Å²) in [6.07, 6.45) is 1.83. The minimum atomic E-state index is -0.919. The van der Waals surface area contributed by atoms with Crippen LogP contribution in [0.3, 0.4) is 0 Å². The van der Waals surface area contributed by atoms with Gasteiger partial charge in [0.2, 0.25) is 0 Å². The maximum Gasteiger partial charge on any atom is 0.142 e. The van der Waals surface area contributed by atoms with Gasteiger partial charge in [-0.25, -0.2) is 14.4 Å². The Kier molecular flexibility index (Phi) is 3.16. The van der Waals surface area contributed by atoms with Crippen LogP contribution in [0.4, 0.5) is 4.39 Å². The number of hydrogen-bond donors (Lipinski definition) is 2. The van der Waals surface area contributed by atoms with Crippen molar-refractivity contribution >= 4 is 22.6 Å². The maximum absolute atomic E-state index is 13.3. The quantitative estimate of drug-likeness (QED) is 0.713. The molecule has 6 heteroatoms. The summed E-state index contributed by atoms with van der Waals surface area (Å²) in [5.41, 5.74) is 2.34. The Hall–Kier alpha value is -1.98. The number of fused-ring (bicyclic) bond motifs is 1. The lowest BCUT2D eigenvalue weighted by molar-refractivity contribution is 0.220. The number of aryl methyl sites for hydroxylation is 1. The number of H-pyrrole nitrogens is 1. The molecule has 102 valence electrons. The van der Waals surface area contributed by atoms with E-state index in [1.54, 1.807) is 25.3 Å². The minimum Gasteiger partial charge on any atom is -0.384 e. The summed E-state index contributed by atoms with van der Waals surface area (Å²) < 4.78 is 13.3. The van der Waals surface area contributed by atoms with Crippen LogP contribution in [0.15, 0.2) is 30.6 Å². The normalized spacial score (nSPS) is 12.8. The average Bonchev–Trinajstić information content (AvgIpc) is 2.81. The lowest BCUT2D eigenvalue weighted by atomic mass is 10.0. The molecule has 3 aromatic rings. The van der Waals surface area contributed by atoms with Gasteiger partial charge < -0.3 is 10.1 Å². The van der Waals surface area contributed by atoms with Gasteiger partial charge in [0.25, 0.3) is 0 Å². The summed E-state index contributed by atoms with van der Waals surface area (Å²) in [7, 11) is 0. The zero-order valence-corrected chi connectivity index (χ0v) is 11.3. The fraction of sp³-hybridized carbons (Fsp3) is 0.143. The van der Waals surface area contributed by atoms with Crippen LogP contribution >= 0.6 is 11.6 Å². The molecule has 0 aliphatic carbocycles. The van der Waals surface area contributed by atoms with Gasteiger partial charge in [0, 0.05) is 28.4 Å². The van der Waals surface area contributed by atoms with Crippen molar-refractivity contribution in [3.05, 3.63) is 58.4 Å². The van der Waals surface area contributed by atoms with Gasteiger partial charge in [-0.05, 0) is 19.1 Å². The molecule has 0 amide bonds. The number of aromatic amines is 1. The Morgan fingerprint density at radius 2 is 2.15 bits per heavy atom. The van der Waals surface area contributed by atoms with E-state index < -0.39 is 11.9 Å². The van der Waals surface area contributed by atoms with Crippen LogP contribution in [0, 0.1) is 12.7 Å². The third-order valence-electron chi connectivity index (χ3n) is 3.21. The van der Waals surface area contributed by atoms with Gasteiger partial charge in [-0.2, -0.15) is 0 Å². The van der Waals surface area contributed by atoms with Crippen molar-refractivity contribution < 1.29 is 9.50 Å². The van der Waals surface area contributed by atoms with E-state index in [-0.39, 0.29) is 0 Å². The first kappa shape index (κ1) is 13.0. The number of hydrogen-bond acceptors (Lipinski definition) is 3. The predicted molar refractivity (Wildman–Crippen MR) is 74.1 cm³/mol. The summed E-state index contributed by atoms with van der Waals surface area (Å²) in [5, 5.41) is 11.4. The zero-order chi connectivity index (χ0) is 14.3. The Bertz CT molecular complexity index is 787. The average molecular weight is 292 g/mol. The molecule has 0 saturated heterocycles. The fourth-order valence-corrected chi connectivity index (χ4v) is 2.41. The van der Waals surface area contributed by atoms with E-state index in [1.165, 1.54) is 6.07 Å². The van der Waals surface area contributed by atoms with Crippen molar-refractivity contribution in [3.63, 3.8) is 0 Å². The van der Waals surface area contributed by atoms with E-state index in [4.69, 9.17) is 11.6 Å². The van der Waals surface area contributed by atoms with E-state index in [9.17, 15) is 9.50 Å². The summed E-state index contributed by atoms with van der Waals surface area (Å²) >= 11 is 5.80. The first-order valence-corrected chi connectivity index (χ1v) is 6.37. The number of aromatic nitrogens is 3. The van der Waals surface area contributed by atoms with Crippen LogP contribution < -0.4 is 0 Å². The van der Waals surface area contributed by atoms with Crippen molar-refractivity contribution in [2.24, 2.45) is 0 Å². The smallest absolute Gasteiger partial charge is 0.142 e. The first-order chi connectivity index (χ1) is 9.56. The highest BCUT2D eigenvalue weighted by Crippen LogP contribution is 2.30. The lowest BCUT2D eigenvalue weighted by Crippen LogP contribution is -2.03. The largest absolute Gasteiger partial charge is 0.384 e. The Morgan fingerprint density at radius 1 is 1.35 bits per heavy atom. The third kappa shape index (κ3) is 2.15. The highest BCUT2D eigenvalue weighted by Gasteiger charge is 2.18. The van der Waals surface area contributed by atoms with Gasteiger partial charge >= 0.3 is 0 Å². The molecule has 0 spiro atoms. The van der Waals surface area contributed by atoms with Crippen molar-refractivity contribution in [2.75, 3.05) is 0 Å². The molecule has 0 bridgehead atoms. The number of nitrogens with zero attached hydrogens (tertiary/aromatic N) is 2. The molecule has 3 rings (SSSR count). The topological polar surface area (TPSA) is 61.8 Å². The van der Waals surface area contributed by atoms with Crippen LogP contribution in [0.25, 0.3) is 11.0 Å². The first-order valence-electron chi connectivity index (χ1n) is 6.00. The van der Waals surface area contributed by atoms with Crippen molar-refractivity contribution in [2.45, 2.75) is 13.0 Å². The molecule has 2 N–H and O–H groups in total. The van der Waals surface area contributed by atoms with E-state index in [0.717, 1.165) is 6.20 Å².